The molecule has 0 bridgehead atoms. The molecule has 0 aliphatic carbocycles. The van der Waals surface area contributed by atoms with Crippen molar-refractivity contribution in [3.63, 3.8) is 0 Å². The number of hydrogen-bond acceptors (Lipinski definition) is 6. The minimum absolute atomic E-state index is 0.154. The molecule has 0 aromatic rings. The molecule has 78 valence electrons. The summed E-state index contributed by atoms with van der Waals surface area (Å²) in [6.45, 7) is 2.21. The molecule has 2 aliphatic heterocycles. The molecule has 2 aliphatic rings. The van der Waals surface area contributed by atoms with Crippen molar-refractivity contribution in [2.45, 2.75) is 6.92 Å². The van der Waals surface area contributed by atoms with E-state index in [1.165, 1.54) is 12.4 Å². The quantitative estimate of drug-likeness (QED) is 0.670. The maximum absolute atomic E-state index is 9.44. The summed E-state index contributed by atoms with van der Waals surface area (Å²) in [6, 6.07) is 0. The average molecular weight is 207 g/mol. The van der Waals surface area contributed by atoms with Crippen molar-refractivity contribution >= 4 is 0 Å². The third-order valence-electron chi connectivity index (χ3n) is 1.74. The zero-order chi connectivity index (χ0) is 10.8. The smallest absolute Gasteiger partial charge is 0.247 e. The molecule has 0 aromatic carbocycles. The molecule has 0 spiro atoms. The van der Waals surface area contributed by atoms with Crippen molar-refractivity contribution in [2.24, 2.45) is 0 Å². The first-order valence-corrected chi connectivity index (χ1v) is 4.34. The first kappa shape index (κ1) is 9.38. The van der Waals surface area contributed by atoms with E-state index in [0.29, 0.717) is 12.3 Å². The molecule has 7 heteroatoms. The van der Waals surface area contributed by atoms with Crippen LogP contribution in [-0.4, -0.2) is 31.5 Å². The molecule has 2 heterocycles. The van der Waals surface area contributed by atoms with Gasteiger partial charge < -0.3 is 9.94 Å². The van der Waals surface area contributed by atoms with Gasteiger partial charge in [-0.15, -0.1) is 0 Å². The Morgan fingerprint density at radius 3 is 3.07 bits per heavy atom. The van der Waals surface area contributed by atoms with Crippen molar-refractivity contribution in [3.05, 3.63) is 18.0 Å². The maximum atomic E-state index is 9.44. The number of nitrogens with zero attached hydrogens (tertiary/aromatic N) is 4. The van der Waals surface area contributed by atoms with Gasteiger partial charge in [0, 0.05) is 6.20 Å². The summed E-state index contributed by atoms with van der Waals surface area (Å²) in [4.78, 5) is 11.5. The third-order valence-corrected chi connectivity index (χ3v) is 1.74. The molecule has 15 heavy (non-hydrogen) atoms. The lowest BCUT2D eigenvalue weighted by Crippen LogP contribution is -2.19. The van der Waals surface area contributed by atoms with E-state index >= 15 is 0 Å². The van der Waals surface area contributed by atoms with Crippen LogP contribution >= 0.6 is 0 Å². The number of rotatable bonds is 2. The lowest BCUT2D eigenvalue weighted by Gasteiger charge is -2.10. The second kappa shape index (κ2) is 3.52. The van der Waals surface area contributed by atoms with Crippen LogP contribution in [0.5, 0.6) is 5.88 Å². The average Bonchev–Trinajstić information content (AvgIpc) is 2.20. The summed E-state index contributed by atoms with van der Waals surface area (Å²) in [5.41, 5.74) is 0.111. The van der Waals surface area contributed by atoms with Crippen molar-refractivity contribution in [2.75, 3.05) is 6.61 Å². The van der Waals surface area contributed by atoms with Gasteiger partial charge in [-0.3, -0.25) is 5.41 Å². The van der Waals surface area contributed by atoms with E-state index < -0.39 is 0 Å². The monoisotopic (exact) mass is 207 g/mol. The van der Waals surface area contributed by atoms with E-state index in [9.17, 15) is 5.21 Å². The lowest BCUT2D eigenvalue weighted by molar-refractivity contribution is 0.184. The lowest BCUT2D eigenvalue weighted by atomic mass is 10.4. The van der Waals surface area contributed by atoms with Gasteiger partial charge in [0.05, 0.1) is 12.8 Å². The molecule has 0 radical (unpaired) electrons. The fourth-order valence-electron chi connectivity index (χ4n) is 1.17. The minimum Gasteiger partial charge on any atom is -0.476 e. The molecule has 0 atom stereocenters. The van der Waals surface area contributed by atoms with Crippen LogP contribution in [0.25, 0.3) is 11.5 Å². The summed E-state index contributed by atoms with van der Waals surface area (Å²) < 4.78 is 5.98. The van der Waals surface area contributed by atoms with Gasteiger partial charge in [0.15, 0.2) is 5.69 Å². The fourth-order valence-corrected chi connectivity index (χ4v) is 1.17. The Morgan fingerprint density at radius 1 is 1.53 bits per heavy atom. The molecule has 0 unspecified atom stereocenters. The summed E-state index contributed by atoms with van der Waals surface area (Å²) >= 11 is 0. The Hall–Kier alpha value is -2.18. The van der Waals surface area contributed by atoms with E-state index in [1.807, 2.05) is 0 Å². The largest absolute Gasteiger partial charge is 0.476 e. The molecular formula is C8H9N5O2. The van der Waals surface area contributed by atoms with Crippen molar-refractivity contribution in [1.29, 1.82) is 5.41 Å². The van der Waals surface area contributed by atoms with Crippen LogP contribution in [0.4, 0.5) is 0 Å². The topological polar surface area (TPSA) is 96.9 Å². The highest BCUT2D eigenvalue weighted by atomic mass is 16.5. The Labute approximate surface area is 84.8 Å². The number of ether oxygens (including phenoxy) is 1. The highest BCUT2D eigenvalue weighted by molar-refractivity contribution is 5.56. The van der Waals surface area contributed by atoms with E-state index in [2.05, 4.69) is 15.0 Å². The van der Waals surface area contributed by atoms with Crippen LogP contribution in [0, 0.1) is 5.41 Å². The second-order valence-corrected chi connectivity index (χ2v) is 2.73. The molecule has 2 N–H and O–H groups in total. The number of hydrogen-bond donors (Lipinski definition) is 2. The van der Waals surface area contributed by atoms with Gasteiger partial charge in [0.25, 0.3) is 0 Å². The zero-order valence-corrected chi connectivity index (χ0v) is 8.01. The molecule has 0 saturated heterocycles. The standard InChI is InChI=1S/C8H9N5O2/c1-2-15-7-5-6(11-8(9)12-7)13(14)4-3-10-5/h3-4,9,14H,2H2,1H3. The van der Waals surface area contributed by atoms with Crippen LogP contribution in [0.2, 0.25) is 0 Å². The highest BCUT2D eigenvalue weighted by Gasteiger charge is 2.16. The van der Waals surface area contributed by atoms with Crippen molar-refractivity contribution in [3.8, 4) is 17.4 Å². The van der Waals surface area contributed by atoms with Gasteiger partial charge in [0.2, 0.25) is 17.3 Å². The first-order valence-electron chi connectivity index (χ1n) is 4.34. The predicted molar refractivity (Wildman–Crippen MR) is 48.6 cm³/mol. The summed E-state index contributed by atoms with van der Waals surface area (Å²) in [5.74, 6) is 0.358. The number of fused-ring (bicyclic) bond motifs is 1. The van der Waals surface area contributed by atoms with Crippen molar-refractivity contribution < 1.29 is 9.94 Å². The van der Waals surface area contributed by atoms with E-state index in [1.54, 1.807) is 6.92 Å². The molecule has 0 aromatic heterocycles. The van der Waals surface area contributed by atoms with E-state index in [4.69, 9.17) is 10.1 Å². The highest BCUT2D eigenvalue weighted by Crippen LogP contribution is 2.22. The molecular weight excluding hydrogens is 198 g/mol. The molecule has 0 fully saturated rings. The normalized spacial score (nSPS) is 10.5. The summed E-state index contributed by atoms with van der Waals surface area (Å²) in [7, 11) is 0. The van der Waals surface area contributed by atoms with Gasteiger partial charge >= 0.3 is 0 Å². The van der Waals surface area contributed by atoms with Gasteiger partial charge in [0.1, 0.15) is 0 Å². The first-order chi connectivity index (χ1) is 7.22. The zero-order valence-electron chi connectivity index (χ0n) is 8.01. The maximum Gasteiger partial charge on any atom is 0.247 e. The summed E-state index contributed by atoms with van der Waals surface area (Å²) in [5, 5.41) is 16.8. The molecule has 0 amide bonds. The molecule has 7 nitrogen and oxygen atoms in total. The van der Waals surface area contributed by atoms with Crippen LogP contribution in [-0.2, 0) is 0 Å². The molecule has 0 saturated carbocycles. The Balaban J connectivity index is 2.72. The molecule has 2 rings (SSSR count). The fraction of sp³-hybridized carbons (Fsp3) is 0.250. The van der Waals surface area contributed by atoms with Gasteiger partial charge in [-0.1, -0.05) is 0 Å². The summed E-state index contributed by atoms with van der Waals surface area (Å²) in [6.07, 6.45) is 2.72. The van der Waals surface area contributed by atoms with Crippen LogP contribution < -0.4 is 10.4 Å². The van der Waals surface area contributed by atoms with E-state index in [0.717, 1.165) is 4.73 Å². The van der Waals surface area contributed by atoms with Crippen LogP contribution in [0.15, 0.2) is 12.4 Å². The third kappa shape index (κ3) is 1.58. The number of aromatic nitrogens is 4. The Bertz CT molecular complexity index is 509. The van der Waals surface area contributed by atoms with Crippen LogP contribution in [0.3, 0.4) is 0 Å². The second-order valence-electron chi connectivity index (χ2n) is 2.73. The Morgan fingerprint density at radius 2 is 2.33 bits per heavy atom. The predicted octanol–water partition coefficient (Wildman–Crippen LogP) is -0.107. The van der Waals surface area contributed by atoms with Gasteiger partial charge in [-0.2, -0.15) is 14.7 Å². The van der Waals surface area contributed by atoms with Gasteiger partial charge in [-0.25, -0.2) is 4.98 Å². The minimum atomic E-state index is -0.221. The number of nitrogens with one attached hydrogen (secondary N) is 1. The van der Waals surface area contributed by atoms with Crippen LogP contribution in [0.1, 0.15) is 6.92 Å². The van der Waals surface area contributed by atoms with Crippen molar-refractivity contribution in [1.82, 2.24) is 19.7 Å². The van der Waals surface area contributed by atoms with Gasteiger partial charge in [-0.05, 0) is 6.92 Å². The Kier molecular flexibility index (Phi) is 2.20. The van der Waals surface area contributed by atoms with E-state index in [-0.39, 0.29) is 17.3 Å². The SMILES string of the molecule is CCOc1nc(=N)nc2n(O)ccnc1-2.